The molecule has 4 nitrogen and oxygen atoms in total. The number of hydrazine groups is 1. The average Bonchev–Trinajstić information content (AvgIpc) is 2.49. The van der Waals surface area contributed by atoms with Gasteiger partial charge in [-0.05, 0) is 42.3 Å². The van der Waals surface area contributed by atoms with Gasteiger partial charge >= 0.3 is 0 Å². The van der Waals surface area contributed by atoms with Gasteiger partial charge in [0.05, 0.1) is 33.2 Å². The molecule has 0 bridgehead atoms. The number of quaternary nitrogens is 1. The Kier molecular flexibility index (Phi) is 5.96. The molecule has 0 aliphatic carbocycles. The number of thiocarbonyl (C=S) groups is 1. The molecule has 0 aromatic heterocycles. The summed E-state index contributed by atoms with van der Waals surface area (Å²) in [6, 6.07) is 8.56. The van der Waals surface area contributed by atoms with Crippen molar-refractivity contribution in [1.82, 2.24) is 10.4 Å². The van der Waals surface area contributed by atoms with Crippen LogP contribution in [0.1, 0.15) is 31.7 Å². The van der Waals surface area contributed by atoms with Crippen molar-refractivity contribution in [2.75, 3.05) is 38.5 Å². The summed E-state index contributed by atoms with van der Waals surface area (Å²) in [4.78, 5) is 1.58. The number of hydrogen-bond acceptors (Lipinski definition) is 2. The van der Waals surface area contributed by atoms with Gasteiger partial charge in [-0.25, -0.2) is 5.01 Å². The van der Waals surface area contributed by atoms with Crippen LogP contribution in [0.5, 0.6) is 0 Å². The second kappa shape index (κ2) is 7.73. The van der Waals surface area contributed by atoms with Crippen molar-refractivity contribution < 1.29 is 4.90 Å². The summed E-state index contributed by atoms with van der Waals surface area (Å²) in [5.41, 5.74) is 5.70. The molecule has 0 spiro atoms. The molecule has 0 unspecified atom stereocenters. The zero-order valence-electron chi connectivity index (χ0n) is 13.3. The smallest absolute Gasteiger partial charge is 0.185 e. The standard InChI is InChI=1S/C16H26N4S/c1-4-13(2)14-5-7-15(8-6-14)17-16(21)18-20-11-9-19(3)10-12-20/h5-8,13H,4,9-12H2,1-3H3,(H2,17,18,21)/p+1/t13-/m1/s1. The SMILES string of the molecule is CC[C@@H](C)c1ccc(NC(=S)NN2CC[NH+](C)CC2)cc1. The van der Waals surface area contributed by atoms with Gasteiger partial charge < -0.3 is 10.2 Å². The second-order valence-corrected chi connectivity index (χ2v) is 6.35. The van der Waals surface area contributed by atoms with Crippen LogP contribution >= 0.6 is 12.2 Å². The van der Waals surface area contributed by atoms with E-state index in [1.54, 1.807) is 4.90 Å². The summed E-state index contributed by atoms with van der Waals surface area (Å²) in [5.74, 6) is 0.608. The molecule has 0 amide bonds. The third-order valence-electron chi connectivity index (χ3n) is 4.23. The van der Waals surface area contributed by atoms with E-state index in [4.69, 9.17) is 12.2 Å². The van der Waals surface area contributed by atoms with Gasteiger partial charge in [0.2, 0.25) is 0 Å². The molecule has 1 saturated heterocycles. The van der Waals surface area contributed by atoms with Gasteiger partial charge in [0.25, 0.3) is 0 Å². The van der Waals surface area contributed by atoms with E-state index in [0.717, 1.165) is 38.3 Å². The van der Waals surface area contributed by atoms with Gasteiger partial charge in [0, 0.05) is 5.69 Å². The van der Waals surface area contributed by atoms with E-state index in [-0.39, 0.29) is 0 Å². The molecule has 21 heavy (non-hydrogen) atoms. The summed E-state index contributed by atoms with van der Waals surface area (Å²) in [5, 5.41) is 6.12. The maximum atomic E-state index is 5.38. The maximum Gasteiger partial charge on any atom is 0.185 e. The van der Waals surface area contributed by atoms with Gasteiger partial charge in [-0.1, -0.05) is 26.0 Å². The second-order valence-electron chi connectivity index (χ2n) is 5.94. The molecule has 116 valence electrons. The first-order valence-electron chi connectivity index (χ1n) is 7.82. The molecule has 1 aliphatic heterocycles. The predicted octanol–water partition coefficient (Wildman–Crippen LogP) is 1.23. The topological polar surface area (TPSA) is 31.7 Å². The summed E-state index contributed by atoms with van der Waals surface area (Å²) >= 11 is 5.38. The maximum absolute atomic E-state index is 5.38. The van der Waals surface area contributed by atoms with E-state index >= 15 is 0 Å². The summed E-state index contributed by atoms with van der Waals surface area (Å²) in [6.07, 6.45) is 1.16. The Bertz CT molecular complexity index is 452. The molecule has 5 heteroatoms. The fraction of sp³-hybridized carbons (Fsp3) is 0.562. The Morgan fingerprint density at radius 2 is 1.90 bits per heavy atom. The fourth-order valence-corrected chi connectivity index (χ4v) is 2.68. The van der Waals surface area contributed by atoms with Gasteiger partial charge in [-0.3, -0.25) is 5.43 Å². The lowest BCUT2D eigenvalue weighted by molar-refractivity contribution is -0.884. The van der Waals surface area contributed by atoms with Crippen molar-refractivity contribution in [3.05, 3.63) is 29.8 Å². The van der Waals surface area contributed by atoms with E-state index in [1.807, 2.05) is 0 Å². The number of nitrogens with zero attached hydrogens (tertiary/aromatic N) is 1. The fourth-order valence-electron chi connectivity index (χ4n) is 2.43. The highest BCUT2D eigenvalue weighted by molar-refractivity contribution is 7.80. The van der Waals surface area contributed by atoms with Crippen molar-refractivity contribution in [2.24, 2.45) is 0 Å². The molecule has 1 aliphatic rings. The van der Waals surface area contributed by atoms with Crippen LogP contribution in [0.2, 0.25) is 0 Å². The Balaban J connectivity index is 1.82. The van der Waals surface area contributed by atoms with Crippen LogP contribution in [-0.2, 0) is 0 Å². The lowest BCUT2D eigenvalue weighted by Gasteiger charge is -2.31. The van der Waals surface area contributed by atoms with Gasteiger partial charge in [0.1, 0.15) is 0 Å². The molecular formula is C16H27N4S+. The molecule has 2 rings (SSSR count). The van der Waals surface area contributed by atoms with Crippen molar-refractivity contribution in [3.63, 3.8) is 0 Å². The summed E-state index contributed by atoms with van der Waals surface area (Å²) < 4.78 is 0. The zero-order valence-corrected chi connectivity index (χ0v) is 14.1. The van der Waals surface area contributed by atoms with E-state index in [9.17, 15) is 0 Å². The van der Waals surface area contributed by atoms with Crippen LogP contribution < -0.4 is 15.6 Å². The predicted molar refractivity (Wildman–Crippen MR) is 92.7 cm³/mol. The minimum absolute atomic E-state index is 0.608. The molecular weight excluding hydrogens is 280 g/mol. The number of nitrogens with one attached hydrogen (secondary N) is 3. The zero-order chi connectivity index (χ0) is 15.2. The van der Waals surface area contributed by atoms with Crippen molar-refractivity contribution in [1.29, 1.82) is 0 Å². The van der Waals surface area contributed by atoms with E-state index < -0.39 is 0 Å². The Labute approximate surface area is 133 Å². The number of piperazine rings is 1. The first-order valence-corrected chi connectivity index (χ1v) is 8.23. The molecule has 0 radical (unpaired) electrons. The average molecular weight is 307 g/mol. The summed E-state index contributed by atoms with van der Waals surface area (Å²) in [7, 11) is 2.23. The highest BCUT2D eigenvalue weighted by atomic mass is 32.1. The van der Waals surface area contributed by atoms with Crippen LogP contribution in [0.3, 0.4) is 0 Å². The molecule has 1 fully saturated rings. The van der Waals surface area contributed by atoms with Gasteiger partial charge in [-0.2, -0.15) is 0 Å². The monoisotopic (exact) mass is 307 g/mol. The number of rotatable bonds is 4. The molecule has 3 N–H and O–H groups in total. The lowest BCUT2D eigenvalue weighted by atomic mass is 9.99. The first-order chi connectivity index (χ1) is 10.1. The third kappa shape index (κ3) is 4.95. The minimum atomic E-state index is 0.608. The first kappa shape index (κ1) is 16.2. The van der Waals surface area contributed by atoms with Gasteiger partial charge in [-0.15, -0.1) is 0 Å². The Hall–Kier alpha value is -1.17. The highest BCUT2D eigenvalue weighted by Crippen LogP contribution is 2.20. The van der Waals surface area contributed by atoms with Crippen molar-refractivity contribution in [3.8, 4) is 0 Å². The number of likely N-dealkylation sites (N-methyl/N-ethyl adjacent to an activating group) is 1. The normalized spacial score (nSPS) is 18.2. The van der Waals surface area contributed by atoms with Crippen LogP contribution in [0.25, 0.3) is 0 Å². The van der Waals surface area contributed by atoms with Crippen LogP contribution in [0.4, 0.5) is 5.69 Å². The van der Waals surface area contributed by atoms with Crippen LogP contribution in [0, 0.1) is 0 Å². The van der Waals surface area contributed by atoms with Crippen LogP contribution in [0.15, 0.2) is 24.3 Å². The lowest BCUT2D eigenvalue weighted by Crippen LogP contribution is -3.12. The van der Waals surface area contributed by atoms with Crippen molar-refractivity contribution >= 4 is 23.0 Å². The Morgan fingerprint density at radius 3 is 2.48 bits per heavy atom. The highest BCUT2D eigenvalue weighted by Gasteiger charge is 2.16. The molecule has 1 atom stereocenters. The van der Waals surface area contributed by atoms with Crippen molar-refractivity contribution in [2.45, 2.75) is 26.2 Å². The number of hydrogen-bond donors (Lipinski definition) is 3. The molecule has 1 heterocycles. The number of benzene rings is 1. The van der Waals surface area contributed by atoms with Crippen LogP contribution in [-0.4, -0.2) is 43.3 Å². The van der Waals surface area contributed by atoms with Gasteiger partial charge in [0.15, 0.2) is 5.11 Å². The molecule has 0 saturated carbocycles. The molecule has 1 aromatic rings. The number of anilines is 1. The largest absolute Gasteiger partial charge is 0.335 e. The van der Waals surface area contributed by atoms with E-state index in [1.165, 1.54) is 5.56 Å². The quantitative estimate of drug-likeness (QED) is 0.731. The third-order valence-corrected chi connectivity index (χ3v) is 4.42. The summed E-state index contributed by atoms with van der Waals surface area (Å²) in [6.45, 7) is 8.83. The minimum Gasteiger partial charge on any atom is -0.335 e. The van der Waals surface area contributed by atoms with E-state index in [2.05, 4.69) is 60.9 Å². The molecule has 1 aromatic carbocycles. The van der Waals surface area contributed by atoms with E-state index in [0.29, 0.717) is 11.0 Å². The Morgan fingerprint density at radius 1 is 1.29 bits per heavy atom.